The maximum absolute atomic E-state index is 13.2. The molecule has 0 saturated heterocycles. The summed E-state index contributed by atoms with van der Waals surface area (Å²) in [6, 6.07) is 6.91. The van der Waals surface area contributed by atoms with E-state index in [0.717, 1.165) is 6.42 Å². The van der Waals surface area contributed by atoms with E-state index in [1.165, 1.54) is 17.3 Å². The molecule has 1 atom stereocenters. The molecule has 2 aromatic rings. The van der Waals surface area contributed by atoms with Crippen LogP contribution in [-0.2, 0) is 4.79 Å². The molecular formula is C18H24ClN3O2. The van der Waals surface area contributed by atoms with Gasteiger partial charge in [-0.3, -0.25) is 4.79 Å². The maximum atomic E-state index is 13.2. The van der Waals surface area contributed by atoms with Crippen LogP contribution < -0.4 is 4.74 Å². The second-order valence-electron chi connectivity index (χ2n) is 7.79. The van der Waals surface area contributed by atoms with Crippen molar-refractivity contribution in [2.45, 2.75) is 47.3 Å². The number of nitrogens with zero attached hydrogens (tertiary/aromatic N) is 3. The molecule has 2 rings (SSSR count). The number of ether oxygens (including phenoxy) is 1. The molecule has 0 amide bonds. The highest BCUT2D eigenvalue weighted by Crippen LogP contribution is 2.37. The highest BCUT2D eigenvalue weighted by atomic mass is 35.5. The highest BCUT2D eigenvalue weighted by Gasteiger charge is 2.39. The van der Waals surface area contributed by atoms with Crippen LogP contribution in [0.4, 0.5) is 0 Å². The Morgan fingerprint density at radius 2 is 1.83 bits per heavy atom. The number of rotatable bonds is 6. The minimum absolute atomic E-state index is 0.0202. The number of carbonyl (C=O) groups is 1. The fraction of sp³-hybridized carbons (Fsp3) is 0.500. The number of benzene rings is 1. The zero-order chi connectivity index (χ0) is 18.0. The van der Waals surface area contributed by atoms with Gasteiger partial charge >= 0.3 is 0 Å². The summed E-state index contributed by atoms with van der Waals surface area (Å²) in [5.41, 5.74) is -0.548. The zero-order valence-corrected chi connectivity index (χ0v) is 15.5. The highest BCUT2D eigenvalue weighted by molar-refractivity contribution is 6.30. The lowest BCUT2D eigenvalue weighted by Crippen LogP contribution is -2.38. The molecule has 0 fully saturated rings. The standard InChI is InChI=1S/C18H24ClN3O2/c1-17(2,3)10-18(4,5)15(23)16(22-12-20-11-21-22)24-14-8-6-13(19)7-9-14/h6-9,11-12,16H,10H2,1-5H3. The Morgan fingerprint density at radius 3 is 2.33 bits per heavy atom. The van der Waals surface area contributed by atoms with Gasteiger partial charge in [0.1, 0.15) is 18.4 Å². The average Bonchev–Trinajstić information content (AvgIpc) is 2.97. The van der Waals surface area contributed by atoms with Crippen molar-refractivity contribution < 1.29 is 9.53 Å². The Hall–Kier alpha value is -1.88. The van der Waals surface area contributed by atoms with Gasteiger partial charge in [0.15, 0.2) is 0 Å². The van der Waals surface area contributed by atoms with Crippen LogP contribution in [0, 0.1) is 10.8 Å². The smallest absolute Gasteiger partial charge is 0.252 e. The van der Waals surface area contributed by atoms with Crippen molar-refractivity contribution in [1.29, 1.82) is 0 Å². The van der Waals surface area contributed by atoms with Crippen LogP contribution in [0.1, 0.15) is 47.3 Å². The monoisotopic (exact) mass is 349 g/mol. The van der Waals surface area contributed by atoms with Crippen LogP contribution in [-0.4, -0.2) is 20.5 Å². The van der Waals surface area contributed by atoms with E-state index in [9.17, 15) is 4.79 Å². The molecule has 1 aromatic heterocycles. The van der Waals surface area contributed by atoms with Gasteiger partial charge in [0.05, 0.1) is 0 Å². The summed E-state index contributed by atoms with van der Waals surface area (Å²) in [5, 5.41) is 4.71. The van der Waals surface area contributed by atoms with Gasteiger partial charge in [-0.1, -0.05) is 46.2 Å². The Bertz CT molecular complexity index is 673. The molecule has 24 heavy (non-hydrogen) atoms. The van der Waals surface area contributed by atoms with E-state index in [1.807, 2.05) is 13.8 Å². The zero-order valence-electron chi connectivity index (χ0n) is 14.8. The second kappa shape index (κ2) is 6.93. The molecular weight excluding hydrogens is 326 g/mol. The van der Waals surface area contributed by atoms with Crippen LogP contribution >= 0.6 is 11.6 Å². The van der Waals surface area contributed by atoms with Crippen LogP contribution in [0.2, 0.25) is 5.02 Å². The van der Waals surface area contributed by atoms with Gasteiger partial charge < -0.3 is 4.74 Å². The molecule has 1 unspecified atom stereocenters. The molecule has 0 aliphatic carbocycles. The van der Waals surface area contributed by atoms with Gasteiger partial charge in [0, 0.05) is 10.4 Å². The summed E-state index contributed by atoms with van der Waals surface area (Å²) in [6.45, 7) is 10.2. The SMILES string of the molecule is CC(C)(C)CC(C)(C)C(=O)C(Oc1ccc(Cl)cc1)n1cncn1. The predicted molar refractivity (Wildman–Crippen MR) is 94.0 cm³/mol. The summed E-state index contributed by atoms with van der Waals surface area (Å²) in [7, 11) is 0. The van der Waals surface area contributed by atoms with E-state index in [-0.39, 0.29) is 11.2 Å². The lowest BCUT2D eigenvalue weighted by atomic mass is 9.73. The van der Waals surface area contributed by atoms with E-state index in [1.54, 1.807) is 24.3 Å². The first-order valence-corrected chi connectivity index (χ1v) is 8.27. The molecule has 0 radical (unpaired) electrons. The van der Waals surface area contributed by atoms with Crippen molar-refractivity contribution in [3.8, 4) is 5.75 Å². The Kier molecular flexibility index (Phi) is 5.33. The van der Waals surface area contributed by atoms with Crippen LogP contribution in [0.3, 0.4) is 0 Å². The normalized spacial score (nSPS) is 13.6. The molecule has 1 aromatic carbocycles. The van der Waals surface area contributed by atoms with Crippen molar-refractivity contribution in [3.63, 3.8) is 0 Å². The Labute approximate surface area is 148 Å². The fourth-order valence-corrected chi connectivity index (χ4v) is 3.08. The van der Waals surface area contributed by atoms with Crippen molar-refractivity contribution in [2.24, 2.45) is 10.8 Å². The maximum Gasteiger partial charge on any atom is 0.252 e. The summed E-state index contributed by atoms with van der Waals surface area (Å²) < 4.78 is 7.37. The summed E-state index contributed by atoms with van der Waals surface area (Å²) in [4.78, 5) is 17.1. The quantitative estimate of drug-likeness (QED) is 0.768. The largest absolute Gasteiger partial charge is 0.461 e. The van der Waals surface area contributed by atoms with Gasteiger partial charge in [-0.15, -0.1) is 0 Å². The van der Waals surface area contributed by atoms with E-state index >= 15 is 0 Å². The third-order valence-electron chi connectivity index (χ3n) is 3.60. The topological polar surface area (TPSA) is 57.0 Å². The predicted octanol–water partition coefficient (Wildman–Crippen LogP) is 4.54. The molecule has 0 aliphatic heterocycles. The van der Waals surface area contributed by atoms with Gasteiger partial charge in [-0.25, -0.2) is 9.67 Å². The average molecular weight is 350 g/mol. The first-order chi connectivity index (χ1) is 11.1. The lowest BCUT2D eigenvalue weighted by molar-refractivity contribution is -0.140. The lowest BCUT2D eigenvalue weighted by Gasteiger charge is -2.33. The van der Waals surface area contributed by atoms with Crippen molar-refractivity contribution in [2.75, 3.05) is 0 Å². The van der Waals surface area contributed by atoms with Crippen LogP contribution in [0.15, 0.2) is 36.9 Å². The molecule has 0 aliphatic rings. The molecule has 1 heterocycles. The first kappa shape index (κ1) is 18.5. The first-order valence-electron chi connectivity index (χ1n) is 7.89. The van der Waals surface area contributed by atoms with E-state index < -0.39 is 11.6 Å². The molecule has 0 spiro atoms. The molecule has 130 valence electrons. The minimum atomic E-state index is -0.869. The third-order valence-corrected chi connectivity index (χ3v) is 3.85. The number of Topliss-reactive ketones (excluding diaryl/α,β-unsaturated/α-hetero) is 1. The molecule has 0 bridgehead atoms. The van der Waals surface area contributed by atoms with E-state index in [0.29, 0.717) is 10.8 Å². The fourth-order valence-electron chi connectivity index (χ4n) is 2.96. The number of carbonyl (C=O) groups excluding carboxylic acids is 1. The molecule has 0 saturated carbocycles. The Morgan fingerprint density at radius 1 is 1.21 bits per heavy atom. The number of aromatic nitrogens is 3. The van der Waals surface area contributed by atoms with E-state index in [2.05, 4.69) is 30.9 Å². The summed E-state index contributed by atoms with van der Waals surface area (Å²) in [6.07, 6.45) is 2.74. The number of halogens is 1. The van der Waals surface area contributed by atoms with Gasteiger partial charge in [0.2, 0.25) is 5.78 Å². The molecule has 6 heteroatoms. The minimum Gasteiger partial charge on any atom is -0.461 e. The molecule has 0 N–H and O–H groups in total. The van der Waals surface area contributed by atoms with Gasteiger partial charge in [0.25, 0.3) is 6.23 Å². The van der Waals surface area contributed by atoms with Gasteiger partial charge in [-0.2, -0.15) is 5.10 Å². The number of ketones is 1. The van der Waals surface area contributed by atoms with Gasteiger partial charge in [-0.05, 0) is 36.1 Å². The van der Waals surface area contributed by atoms with E-state index in [4.69, 9.17) is 16.3 Å². The van der Waals surface area contributed by atoms with Crippen molar-refractivity contribution in [1.82, 2.24) is 14.8 Å². The summed E-state index contributed by atoms with van der Waals surface area (Å²) >= 11 is 5.91. The van der Waals surface area contributed by atoms with Crippen molar-refractivity contribution in [3.05, 3.63) is 41.9 Å². The summed E-state index contributed by atoms with van der Waals surface area (Å²) in [5.74, 6) is 0.512. The number of hydrogen-bond donors (Lipinski definition) is 0. The second-order valence-corrected chi connectivity index (χ2v) is 8.22. The number of hydrogen-bond acceptors (Lipinski definition) is 4. The Balaban J connectivity index is 2.29. The third kappa shape index (κ3) is 4.81. The molecule has 5 nitrogen and oxygen atoms in total. The van der Waals surface area contributed by atoms with Crippen LogP contribution in [0.25, 0.3) is 0 Å². The van der Waals surface area contributed by atoms with Crippen molar-refractivity contribution >= 4 is 17.4 Å². The van der Waals surface area contributed by atoms with Crippen LogP contribution in [0.5, 0.6) is 5.75 Å².